The minimum Gasteiger partial charge on any atom is -0.472 e. The molecule has 4 nitrogen and oxygen atoms in total. The number of carboxylic acids is 1. The Hall–Kier alpha value is -3.67. The van der Waals surface area contributed by atoms with E-state index in [0.29, 0.717) is 0 Å². The van der Waals surface area contributed by atoms with E-state index in [2.05, 4.69) is 65.7 Å². The second-order valence-electron chi connectivity index (χ2n) is 13.0. The summed E-state index contributed by atoms with van der Waals surface area (Å²) in [5, 5.41) is 27.6. The fraction of sp³-hybridized carbons (Fsp3) is 0.596. The highest BCUT2D eigenvalue weighted by molar-refractivity contribution is 5.86. The molecular weight excluding hydrogens is 629 g/mol. The van der Waals surface area contributed by atoms with Crippen LogP contribution in [0.4, 0.5) is 0 Å². The van der Waals surface area contributed by atoms with Gasteiger partial charge in [-0.2, -0.15) is 0 Å². The maximum atomic E-state index is 10.3. The molecule has 0 rings (SSSR count). The van der Waals surface area contributed by atoms with Gasteiger partial charge in [-0.25, -0.2) is 4.79 Å². The van der Waals surface area contributed by atoms with Crippen LogP contribution in [0.2, 0.25) is 0 Å². The van der Waals surface area contributed by atoms with Crippen molar-refractivity contribution >= 4 is 5.97 Å². The molecular formula is C47H68O4. The van der Waals surface area contributed by atoms with Gasteiger partial charge in [-0.15, -0.1) is 6.42 Å². The van der Waals surface area contributed by atoms with Gasteiger partial charge < -0.3 is 15.3 Å². The second-order valence-corrected chi connectivity index (χ2v) is 13.0. The largest absolute Gasteiger partial charge is 0.472 e. The van der Waals surface area contributed by atoms with Gasteiger partial charge in [0.1, 0.15) is 6.10 Å². The highest BCUT2D eigenvalue weighted by atomic mass is 16.4. The number of hydrogen-bond donors (Lipinski definition) is 3. The zero-order valence-electron chi connectivity index (χ0n) is 31.6. The number of carboxylic acid groups (broad SMARTS) is 1. The summed E-state index contributed by atoms with van der Waals surface area (Å²) in [5.41, 5.74) is 0. The first-order valence-corrected chi connectivity index (χ1v) is 19.9. The van der Waals surface area contributed by atoms with Gasteiger partial charge in [0.05, 0.1) is 0 Å². The van der Waals surface area contributed by atoms with Gasteiger partial charge in [0.2, 0.25) is 0 Å². The molecule has 0 unspecified atom stereocenters. The lowest BCUT2D eigenvalue weighted by Gasteiger charge is -2.02. The highest BCUT2D eigenvalue weighted by Crippen LogP contribution is 2.13. The lowest BCUT2D eigenvalue weighted by Crippen LogP contribution is -1.97. The first-order chi connectivity index (χ1) is 25.1. The fourth-order valence-corrected chi connectivity index (χ4v) is 5.31. The first-order valence-electron chi connectivity index (χ1n) is 19.9. The average Bonchev–Trinajstić information content (AvgIpc) is 3.12. The van der Waals surface area contributed by atoms with Crippen LogP contribution in [0, 0.1) is 47.9 Å². The summed E-state index contributed by atoms with van der Waals surface area (Å²) in [6.45, 7) is 0. The van der Waals surface area contributed by atoms with Crippen molar-refractivity contribution in [2.75, 3.05) is 0 Å². The molecule has 4 heteroatoms. The minimum absolute atomic E-state index is 0.771. The summed E-state index contributed by atoms with van der Waals surface area (Å²) >= 11 is 0. The Morgan fingerprint density at radius 3 is 1.47 bits per heavy atom. The summed E-state index contributed by atoms with van der Waals surface area (Å²) in [4.78, 5) is 10.3. The molecule has 2 atom stereocenters. The maximum Gasteiger partial charge on any atom is 0.382 e. The second kappa shape index (κ2) is 40.8. The molecule has 0 aromatic carbocycles. The Morgan fingerprint density at radius 1 is 0.510 bits per heavy atom. The van der Waals surface area contributed by atoms with E-state index in [1.807, 2.05) is 24.3 Å². The topological polar surface area (TPSA) is 77.8 Å². The van der Waals surface area contributed by atoms with E-state index in [-0.39, 0.29) is 0 Å². The summed E-state index contributed by atoms with van der Waals surface area (Å²) in [7, 11) is 0. The smallest absolute Gasteiger partial charge is 0.382 e. The van der Waals surface area contributed by atoms with Crippen molar-refractivity contribution in [2.45, 2.75) is 179 Å². The van der Waals surface area contributed by atoms with Crippen LogP contribution in [-0.2, 0) is 4.79 Å². The van der Waals surface area contributed by atoms with Crippen molar-refractivity contribution in [1.29, 1.82) is 0 Å². The van der Waals surface area contributed by atoms with Gasteiger partial charge >= 0.3 is 5.97 Å². The Kier molecular flexibility index (Phi) is 37.8. The van der Waals surface area contributed by atoms with Gasteiger partial charge in [-0.1, -0.05) is 155 Å². The van der Waals surface area contributed by atoms with Crippen molar-refractivity contribution < 1.29 is 20.1 Å². The summed E-state index contributed by atoms with van der Waals surface area (Å²) in [5.74, 6) is 17.3. The zero-order valence-corrected chi connectivity index (χ0v) is 31.6. The Labute approximate surface area is 313 Å². The number of unbranched alkanes of at least 4 members (excludes halogenated alkanes) is 22. The van der Waals surface area contributed by atoms with E-state index in [1.165, 1.54) is 96.3 Å². The highest BCUT2D eigenvalue weighted by Gasteiger charge is 1.95. The van der Waals surface area contributed by atoms with E-state index >= 15 is 0 Å². The molecule has 0 radical (unpaired) electrons. The third-order valence-electron chi connectivity index (χ3n) is 8.27. The number of hydrogen-bond acceptors (Lipinski definition) is 3. The van der Waals surface area contributed by atoms with E-state index in [1.54, 1.807) is 12.2 Å². The van der Waals surface area contributed by atoms with Gasteiger partial charge in [0.25, 0.3) is 0 Å². The SMILES string of the molecule is C#C[C@@H](O)/C=C/CCCCCCC#C[C@H](O)C#C/C=C/CCC=CCCCCC=CCCCCCCCCCCCCCCC=CC#CC(=O)O. The van der Waals surface area contributed by atoms with E-state index in [9.17, 15) is 15.0 Å². The summed E-state index contributed by atoms with van der Waals surface area (Å²) < 4.78 is 0. The van der Waals surface area contributed by atoms with Crippen molar-refractivity contribution in [1.82, 2.24) is 0 Å². The Morgan fingerprint density at radius 2 is 0.922 bits per heavy atom. The van der Waals surface area contributed by atoms with Gasteiger partial charge in [0.15, 0.2) is 6.10 Å². The molecule has 0 saturated heterocycles. The molecule has 280 valence electrons. The molecule has 0 spiro atoms. The standard InChI is InChI=1S/C47H68O4/c1-2-45(48)41-37-33-29-27-28-31-35-39-43-46(49)42-38-34-30-25-23-21-19-17-15-13-11-9-7-5-3-4-6-8-10-12-14-16-18-20-22-24-26-32-36-40-44-47(50)51/h1,7,9,19,21,30,32,34,36-37,41,45-46,48-49H,3-6,8,10-18,20,22-29,31,33,35H2,(H,50,51)/b9-7?,21-19?,34-30+,36-32?,41-37+/t45-,46-/m1/s1. The summed E-state index contributed by atoms with van der Waals surface area (Å²) in [6, 6.07) is 0. The van der Waals surface area contributed by atoms with E-state index in [0.717, 1.165) is 70.6 Å². The minimum atomic E-state index is -1.07. The van der Waals surface area contributed by atoms with Crippen LogP contribution in [0.3, 0.4) is 0 Å². The van der Waals surface area contributed by atoms with Crippen LogP contribution in [0.5, 0.6) is 0 Å². The molecule has 0 heterocycles. The van der Waals surface area contributed by atoms with Crippen LogP contribution in [-0.4, -0.2) is 33.5 Å². The predicted molar refractivity (Wildman–Crippen MR) is 218 cm³/mol. The van der Waals surface area contributed by atoms with Crippen LogP contribution in [0.25, 0.3) is 0 Å². The molecule has 0 saturated carbocycles. The van der Waals surface area contributed by atoms with Crippen molar-refractivity contribution in [3.63, 3.8) is 0 Å². The number of aliphatic carboxylic acids is 1. The quantitative estimate of drug-likeness (QED) is 0.0397. The van der Waals surface area contributed by atoms with Crippen molar-refractivity contribution in [3.05, 3.63) is 60.8 Å². The zero-order chi connectivity index (χ0) is 37.1. The molecule has 0 aromatic rings. The monoisotopic (exact) mass is 697 g/mol. The average molecular weight is 697 g/mol. The number of rotatable bonds is 30. The number of aliphatic hydroxyl groups is 2. The van der Waals surface area contributed by atoms with Crippen molar-refractivity contribution in [3.8, 4) is 47.9 Å². The number of carbonyl (C=O) groups is 1. The Balaban J connectivity index is 3.47. The Bertz CT molecular complexity index is 1210. The predicted octanol–water partition coefficient (Wildman–Crippen LogP) is 11.4. The molecule has 0 aromatic heterocycles. The van der Waals surface area contributed by atoms with Crippen LogP contribution in [0.1, 0.15) is 167 Å². The van der Waals surface area contributed by atoms with Gasteiger partial charge in [0, 0.05) is 12.3 Å². The molecule has 51 heavy (non-hydrogen) atoms. The van der Waals surface area contributed by atoms with E-state index in [4.69, 9.17) is 11.5 Å². The molecule has 0 aliphatic rings. The van der Waals surface area contributed by atoms with Crippen LogP contribution < -0.4 is 0 Å². The van der Waals surface area contributed by atoms with Crippen molar-refractivity contribution in [2.24, 2.45) is 0 Å². The normalized spacial score (nSPS) is 12.5. The fourth-order valence-electron chi connectivity index (χ4n) is 5.31. The lowest BCUT2D eigenvalue weighted by molar-refractivity contribution is -0.130. The molecule has 0 fully saturated rings. The van der Waals surface area contributed by atoms with Crippen LogP contribution in [0.15, 0.2) is 60.8 Å². The molecule has 3 N–H and O–H groups in total. The lowest BCUT2D eigenvalue weighted by atomic mass is 10.0. The molecule has 0 amide bonds. The van der Waals surface area contributed by atoms with Gasteiger partial charge in [-0.3, -0.25) is 0 Å². The molecule has 0 aliphatic carbocycles. The van der Waals surface area contributed by atoms with E-state index < -0.39 is 18.2 Å². The maximum absolute atomic E-state index is 10.3. The third-order valence-corrected chi connectivity index (χ3v) is 8.27. The third kappa shape index (κ3) is 42.4. The van der Waals surface area contributed by atoms with Gasteiger partial charge in [-0.05, 0) is 102 Å². The summed E-state index contributed by atoms with van der Waals surface area (Å²) in [6.07, 6.45) is 54.7. The number of terminal acetylenes is 1. The molecule has 0 aliphatic heterocycles. The van der Waals surface area contributed by atoms with Crippen LogP contribution >= 0.6 is 0 Å². The first kappa shape index (κ1) is 47.3. The number of aliphatic hydroxyl groups excluding tert-OH is 2. The molecule has 0 bridgehead atoms. The number of allylic oxidation sites excluding steroid dienone is 9.